The molecule has 3 rings (SSSR count). The zero-order chi connectivity index (χ0) is 21.5. The van der Waals surface area contributed by atoms with Crippen molar-refractivity contribution < 1.29 is 4.79 Å². The summed E-state index contributed by atoms with van der Waals surface area (Å²) in [4.78, 5) is 23.2. The van der Waals surface area contributed by atoms with Crippen molar-refractivity contribution in [2.45, 2.75) is 31.1 Å². The van der Waals surface area contributed by atoms with E-state index in [9.17, 15) is 4.79 Å². The zero-order valence-corrected chi connectivity index (χ0v) is 21.3. The summed E-state index contributed by atoms with van der Waals surface area (Å²) in [6.07, 6.45) is 2.33. The van der Waals surface area contributed by atoms with E-state index in [4.69, 9.17) is 16.6 Å². The number of halogens is 2. The smallest absolute Gasteiger partial charge is 0.229 e. The van der Waals surface area contributed by atoms with Crippen molar-refractivity contribution in [2.75, 3.05) is 37.8 Å². The number of aromatic nitrogens is 1. The Balaban J connectivity index is 0.00000341. The lowest BCUT2D eigenvalue weighted by molar-refractivity contribution is -0.118. The summed E-state index contributed by atoms with van der Waals surface area (Å²) in [6.45, 7) is 3.76. The first kappa shape index (κ1) is 25.9. The van der Waals surface area contributed by atoms with Gasteiger partial charge >= 0.3 is 0 Å². The van der Waals surface area contributed by atoms with Crippen molar-refractivity contribution in [3.8, 4) is 0 Å². The molecule has 1 aromatic heterocycles. The number of fused-ring (bicyclic) bond motifs is 1. The van der Waals surface area contributed by atoms with Crippen LogP contribution in [0.25, 0.3) is 10.2 Å². The summed E-state index contributed by atoms with van der Waals surface area (Å²) >= 11 is 9.24. The molecule has 168 valence electrons. The largest absolute Gasteiger partial charge is 0.309 e. The zero-order valence-electron chi connectivity index (χ0n) is 18.1. The maximum absolute atomic E-state index is 13.1. The molecular weight excluding hydrogens is 469 g/mol. The number of thioether (sulfide) groups is 1. The van der Waals surface area contributed by atoms with Gasteiger partial charge in [-0.05, 0) is 69.4 Å². The Kier molecular flexibility index (Phi) is 10.6. The fraction of sp³-hybridized carbons (Fsp3) is 0.391. The molecule has 0 radical (unpaired) electrons. The van der Waals surface area contributed by atoms with E-state index in [-0.39, 0.29) is 18.3 Å². The number of carbonyl (C=O) groups is 1. The molecule has 0 N–H and O–H groups in total. The van der Waals surface area contributed by atoms with Crippen molar-refractivity contribution in [2.24, 2.45) is 0 Å². The summed E-state index contributed by atoms with van der Waals surface area (Å²) in [7, 11) is 4.11. The van der Waals surface area contributed by atoms with Crippen LogP contribution in [-0.2, 0) is 11.2 Å². The molecule has 0 aliphatic rings. The van der Waals surface area contributed by atoms with Gasteiger partial charge in [0.05, 0.1) is 10.2 Å². The van der Waals surface area contributed by atoms with E-state index in [2.05, 4.69) is 44.1 Å². The Morgan fingerprint density at radius 1 is 1.13 bits per heavy atom. The third-order valence-corrected chi connectivity index (χ3v) is 7.10. The number of para-hydroxylation sites is 1. The second-order valence-corrected chi connectivity index (χ2v) is 9.98. The second kappa shape index (κ2) is 12.7. The van der Waals surface area contributed by atoms with Crippen molar-refractivity contribution >= 4 is 68.4 Å². The van der Waals surface area contributed by atoms with Crippen molar-refractivity contribution in [1.29, 1.82) is 0 Å². The van der Waals surface area contributed by atoms with E-state index in [1.807, 2.05) is 29.2 Å². The first-order chi connectivity index (χ1) is 14.5. The molecule has 31 heavy (non-hydrogen) atoms. The van der Waals surface area contributed by atoms with Crippen LogP contribution in [0.2, 0.25) is 5.02 Å². The first-order valence-electron chi connectivity index (χ1n) is 10.2. The molecule has 0 aliphatic carbocycles. The molecule has 4 nitrogen and oxygen atoms in total. The average Bonchev–Trinajstić information content (AvgIpc) is 3.16. The fourth-order valence-electron chi connectivity index (χ4n) is 3.19. The molecule has 2 aromatic carbocycles. The van der Waals surface area contributed by atoms with Crippen LogP contribution in [0.5, 0.6) is 0 Å². The molecule has 8 heteroatoms. The molecule has 0 spiro atoms. The molecule has 0 bridgehead atoms. The minimum Gasteiger partial charge on any atom is -0.309 e. The standard InChI is InChI=1S/C23H28ClN3OS2.ClH/c1-4-17-7-5-8-20-22(17)25-23(30-20)27(15-6-14-26(2)3)21(28)13-16-29-19-11-9-18(24)10-12-19;/h5,7-12H,4,6,13-16H2,1-3H3;1H. The van der Waals surface area contributed by atoms with E-state index in [0.29, 0.717) is 13.0 Å². The summed E-state index contributed by atoms with van der Waals surface area (Å²) in [5.74, 6) is 0.864. The third kappa shape index (κ3) is 7.36. The number of benzene rings is 2. The van der Waals surface area contributed by atoms with Crippen molar-refractivity contribution in [3.63, 3.8) is 0 Å². The van der Waals surface area contributed by atoms with Gasteiger partial charge in [0.2, 0.25) is 5.91 Å². The predicted octanol–water partition coefficient (Wildman–Crippen LogP) is 6.40. The molecule has 0 aliphatic heterocycles. The molecule has 3 aromatic rings. The first-order valence-corrected chi connectivity index (χ1v) is 12.4. The van der Waals surface area contributed by atoms with Crippen molar-refractivity contribution in [1.82, 2.24) is 9.88 Å². The van der Waals surface area contributed by atoms with Gasteiger partial charge in [0.15, 0.2) is 5.13 Å². The summed E-state index contributed by atoms with van der Waals surface area (Å²) in [5, 5.41) is 1.54. The van der Waals surface area contributed by atoms with Crippen LogP contribution in [0.3, 0.4) is 0 Å². The molecular formula is C23H29Cl2N3OS2. The highest BCUT2D eigenvalue weighted by Crippen LogP contribution is 2.32. The summed E-state index contributed by atoms with van der Waals surface area (Å²) in [6, 6.07) is 14.0. The van der Waals surface area contributed by atoms with Crippen LogP contribution in [0, 0.1) is 0 Å². The number of hydrogen-bond acceptors (Lipinski definition) is 5. The Hall–Kier alpha value is -1.31. The van der Waals surface area contributed by atoms with Crippen LogP contribution in [-0.4, -0.2) is 48.7 Å². The quantitative estimate of drug-likeness (QED) is 0.303. The van der Waals surface area contributed by atoms with Crippen LogP contribution < -0.4 is 4.90 Å². The van der Waals surface area contributed by atoms with E-state index in [1.54, 1.807) is 23.1 Å². The SMILES string of the molecule is CCc1cccc2sc(N(CCCN(C)C)C(=O)CCSc3ccc(Cl)cc3)nc12.Cl. The van der Waals surface area contributed by atoms with Gasteiger partial charge in [-0.3, -0.25) is 9.69 Å². The average molecular weight is 499 g/mol. The van der Waals surface area contributed by atoms with Gasteiger partial charge in [0.25, 0.3) is 0 Å². The summed E-state index contributed by atoms with van der Waals surface area (Å²) < 4.78 is 1.14. The number of nitrogens with zero attached hydrogens (tertiary/aromatic N) is 3. The predicted molar refractivity (Wildman–Crippen MR) is 139 cm³/mol. The molecule has 0 fully saturated rings. The van der Waals surface area contributed by atoms with E-state index >= 15 is 0 Å². The molecule has 1 amide bonds. The monoisotopic (exact) mass is 497 g/mol. The number of carbonyl (C=O) groups excluding carboxylic acids is 1. The minimum atomic E-state index is 0. The highest BCUT2D eigenvalue weighted by molar-refractivity contribution is 7.99. The lowest BCUT2D eigenvalue weighted by Crippen LogP contribution is -2.33. The van der Waals surface area contributed by atoms with Gasteiger partial charge in [-0.2, -0.15) is 0 Å². The van der Waals surface area contributed by atoms with Gasteiger partial charge in [-0.1, -0.05) is 42.0 Å². The Labute approximate surface area is 204 Å². The van der Waals surface area contributed by atoms with Gasteiger partial charge in [0, 0.05) is 28.6 Å². The van der Waals surface area contributed by atoms with Gasteiger partial charge in [-0.25, -0.2) is 4.98 Å². The normalized spacial score (nSPS) is 11.0. The van der Waals surface area contributed by atoms with E-state index in [0.717, 1.165) is 50.4 Å². The lowest BCUT2D eigenvalue weighted by atomic mass is 10.1. The van der Waals surface area contributed by atoms with Gasteiger partial charge < -0.3 is 4.90 Å². The number of aryl methyl sites for hydroxylation is 1. The molecule has 0 saturated carbocycles. The Morgan fingerprint density at radius 3 is 2.55 bits per heavy atom. The van der Waals surface area contributed by atoms with Crippen LogP contribution in [0.4, 0.5) is 5.13 Å². The highest BCUT2D eigenvalue weighted by Gasteiger charge is 2.20. The van der Waals surface area contributed by atoms with Gasteiger partial charge in [0.1, 0.15) is 0 Å². The van der Waals surface area contributed by atoms with Crippen LogP contribution in [0.15, 0.2) is 47.4 Å². The topological polar surface area (TPSA) is 36.4 Å². The number of thiazole rings is 1. The van der Waals surface area contributed by atoms with E-state index < -0.39 is 0 Å². The minimum absolute atomic E-state index is 0. The van der Waals surface area contributed by atoms with Crippen LogP contribution in [0.1, 0.15) is 25.3 Å². The van der Waals surface area contributed by atoms with Crippen molar-refractivity contribution in [3.05, 3.63) is 53.1 Å². The van der Waals surface area contributed by atoms with Crippen LogP contribution >= 0.6 is 47.1 Å². The van der Waals surface area contributed by atoms with E-state index in [1.165, 1.54) is 5.56 Å². The number of rotatable bonds is 10. The Bertz CT molecular complexity index is 977. The maximum Gasteiger partial charge on any atom is 0.229 e. The molecule has 0 saturated heterocycles. The molecule has 0 atom stereocenters. The van der Waals surface area contributed by atoms with Gasteiger partial charge in [-0.15, -0.1) is 24.2 Å². The second-order valence-electron chi connectivity index (χ2n) is 7.37. The summed E-state index contributed by atoms with van der Waals surface area (Å²) in [5.41, 5.74) is 2.26. The number of hydrogen-bond donors (Lipinski definition) is 0. The molecule has 0 unspecified atom stereocenters. The number of anilines is 1. The highest BCUT2D eigenvalue weighted by atomic mass is 35.5. The Morgan fingerprint density at radius 2 is 1.87 bits per heavy atom. The third-order valence-electron chi connectivity index (χ3n) is 4.79. The fourth-order valence-corrected chi connectivity index (χ4v) is 5.21. The number of amides is 1. The maximum atomic E-state index is 13.1. The molecule has 1 heterocycles. The lowest BCUT2D eigenvalue weighted by Gasteiger charge is -2.21.